The van der Waals surface area contributed by atoms with Crippen LogP contribution in [0.2, 0.25) is 0 Å². The van der Waals surface area contributed by atoms with E-state index in [9.17, 15) is 0 Å². The molecule has 4 heterocycles. The summed E-state index contributed by atoms with van der Waals surface area (Å²) in [5, 5.41) is 5.22. The maximum absolute atomic E-state index is 5.43. The average Bonchev–Trinajstić information content (AvgIpc) is 4.01. The summed E-state index contributed by atoms with van der Waals surface area (Å²) in [4.78, 5) is 21.6. The van der Waals surface area contributed by atoms with Gasteiger partial charge in [-0.15, -0.1) is 22.7 Å². The Bertz CT molecular complexity index is 4760. The third-order valence-electron chi connectivity index (χ3n) is 16.9. The van der Waals surface area contributed by atoms with Crippen molar-refractivity contribution >= 4 is 63.0 Å². The van der Waals surface area contributed by atoms with Crippen LogP contribution in [0.25, 0.3) is 130 Å². The van der Waals surface area contributed by atoms with Crippen molar-refractivity contribution in [1.29, 1.82) is 0 Å². The molecular formula is C76H46N4S2. The zero-order valence-electron chi connectivity index (χ0n) is 44.2. The molecule has 2 unspecified atom stereocenters. The van der Waals surface area contributed by atoms with Gasteiger partial charge in [0.15, 0.2) is 11.6 Å². The summed E-state index contributed by atoms with van der Waals surface area (Å²) < 4.78 is 5.20. The van der Waals surface area contributed by atoms with E-state index < -0.39 is 0 Å². The van der Waals surface area contributed by atoms with E-state index in [0.29, 0.717) is 11.6 Å². The Kier molecular flexibility index (Phi) is 10.8. The second-order valence-corrected chi connectivity index (χ2v) is 23.8. The van der Waals surface area contributed by atoms with Gasteiger partial charge in [-0.1, -0.05) is 206 Å². The van der Waals surface area contributed by atoms with E-state index in [1.165, 1.54) is 84.9 Å². The standard InChI is InChI=1S/C76H46N4S2/c1-3-15-45(16-4-1)65-43-67(51-21-13-19-47(37-51)49-29-33-57-55-23-9-11-27-69(55)81-71(57)41-49)79-75(77-65)53-31-35-61-63(39-53)73-59-25-7-8-26-60(59)74(61)64-40-54(32-36-62(64)73)76-78-66(46-17-5-2-6-18-46)44-68(80-76)52-22-14-20-48(38-52)50-30-34-58-56-24-10-12-28-70(56)82-72(58)42-50/h1-44,73-74H. The predicted octanol–water partition coefficient (Wildman–Crippen LogP) is 20.3. The molecule has 4 nitrogen and oxygen atoms in total. The third-order valence-corrected chi connectivity index (χ3v) is 19.2. The fourth-order valence-corrected chi connectivity index (χ4v) is 15.3. The van der Waals surface area contributed by atoms with Crippen LogP contribution in [-0.2, 0) is 0 Å². The normalized spacial score (nSPS) is 14.1. The lowest BCUT2D eigenvalue weighted by Crippen LogP contribution is -2.27. The van der Waals surface area contributed by atoms with Gasteiger partial charge in [0.25, 0.3) is 0 Å². The van der Waals surface area contributed by atoms with Crippen LogP contribution >= 0.6 is 22.7 Å². The molecule has 82 heavy (non-hydrogen) atoms. The molecule has 0 fully saturated rings. The number of benzene rings is 11. The van der Waals surface area contributed by atoms with Crippen molar-refractivity contribution in [3.05, 3.63) is 300 Å². The van der Waals surface area contributed by atoms with Crippen LogP contribution in [0.3, 0.4) is 0 Å². The smallest absolute Gasteiger partial charge is 0.160 e. The van der Waals surface area contributed by atoms with Crippen molar-refractivity contribution in [3.63, 3.8) is 0 Å². The molecule has 0 radical (unpaired) electrons. The first-order valence-electron chi connectivity index (χ1n) is 27.9. The molecular weight excluding hydrogens is 1030 g/mol. The highest BCUT2D eigenvalue weighted by Gasteiger charge is 2.41. The van der Waals surface area contributed by atoms with E-state index in [4.69, 9.17) is 19.9 Å². The Balaban J connectivity index is 0.750. The minimum atomic E-state index is 0.0218. The summed E-state index contributed by atoms with van der Waals surface area (Å²) in [6, 6.07) is 96.9. The van der Waals surface area contributed by atoms with Gasteiger partial charge in [0.1, 0.15) is 0 Å². The van der Waals surface area contributed by atoms with Crippen molar-refractivity contribution in [2.75, 3.05) is 0 Å². The minimum Gasteiger partial charge on any atom is -0.228 e. The average molecular weight is 1080 g/mol. The molecule has 3 aliphatic rings. The molecule has 2 bridgehead atoms. The van der Waals surface area contributed by atoms with Crippen LogP contribution in [0.5, 0.6) is 0 Å². The first-order valence-corrected chi connectivity index (χ1v) is 29.5. The third kappa shape index (κ3) is 7.78. The highest BCUT2D eigenvalue weighted by Crippen LogP contribution is 2.57. The summed E-state index contributed by atoms with van der Waals surface area (Å²) in [6.07, 6.45) is 0. The molecule has 4 aromatic heterocycles. The summed E-state index contributed by atoms with van der Waals surface area (Å²) in [5.41, 5.74) is 22.3. The SMILES string of the molecule is c1ccc(-c2cc(-c3cccc(-c4ccc5c(c4)sc4ccccc45)c3)nc(-c3ccc4c(c3)C3c5ccccc5C4c4cc(-c5nc(-c6ccccc6)cc(-c6cccc(-c7ccc8c(c7)sc7ccccc78)c6)n5)ccc43)n2)cc1. The van der Waals surface area contributed by atoms with Gasteiger partial charge in [-0.05, 0) is 116 Å². The first-order chi connectivity index (χ1) is 40.6. The van der Waals surface area contributed by atoms with Crippen LogP contribution in [0.15, 0.2) is 267 Å². The van der Waals surface area contributed by atoms with Gasteiger partial charge in [0.2, 0.25) is 0 Å². The van der Waals surface area contributed by atoms with Crippen LogP contribution < -0.4 is 0 Å². The highest BCUT2D eigenvalue weighted by molar-refractivity contribution is 7.26. The highest BCUT2D eigenvalue weighted by atomic mass is 32.1. The second kappa shape index (κ2) is 18.8. The Morgan fingerprint density at radius 1 is 0.207 bits per heavy atom. The van der Waals surface area contributed by atoms with E-state index in [1.807, 2.05) is 22.7 Å². The lowest BCUT2D eigenvalue weighted by Gasteiger charge is -2.42. The molecule has 15 aromatic rings. The quantitative estimate of drug-likeness (QED) is 0.152. The molecule has 0 aliphatic heterocycles. The summed E-state index contributed by atoms with van der Waals surface area (Å²) >= 11 is 3.70. The molecule has 0 amide bonds. The fourth-order valence-electron chi connectivity index (χ4n) is 13.0. The molecule has 11 aromatic carbocycles. The Morgan fingerprint density at radius 3 is 1.01 bits per heavy atom. The topological polar surface area (TPSA) is 51.6 Å². The van der Waals surface area contributed by atoms with Crippen LogP contribution in [0.1, 0.15) is 45.2 Å². The number of hydrogen-bond donors (Lipinski definition) is 0. The molecule has 0 N–H and O–H groups in total. The van der Waals surface area contributed by atoms with E-state index in [1.54, 1.807) is 0 Å². The van der Waals surface area contributed by atoms with Gasteiger partial charge in [0, 0.05) is 85.6 Å². The number of nitrogens with zero attached hydrogens (tertiary/aromatic N) is 4. The molecule has 6 heteroatoms. The predicted molar refractivity (Wildman–Crippen MR) is 342 cm³/mol. The van der Waals surface area contributed by atoms with Crippen molar-refractivity contribution < 1.29 is 0 Å². The fraction of sp³-hybridized carbons (Fsp3) is 0.0263. The molecule has 3 aliphatic carbocycles. The van der Waals surface area contributed by atoms with Gasteiger partial charge in [0.05, 0.1) is 22.8 Å². The van der Waals surface area contributed by atoms with Gasteiger partial charge < -0.3 is 0 Å². The number of rotatable bonds is 8. The van der Waals surface area contributed by atoms with E-state index in [-0.39, 0.29) is 11.8 Å². The maximum Gasteiger partial charge on any atom is 0.160 e. The molecule has 0 spiro atoms. The van der Waals surface area contributed by atoms with Crippen molar-refractivity contribution in [1.82, 2.24) is 19.9 Å². The number of fused-ring (bicyclic) bond motifs is 6. The van der Waals surface area contributed by atoms with E-state index in [0.717, 1.165) is 67.3 Å². The van der Waals surface area contributed by atoms with Crippen molar-refractivity contribution in [2.45, 2.75) is 11.8 Å². The monoisotopic (exact) mass is 1080 g/mol. The lowest BCUT2D eigenvalue weighted by molar-refractivity contribution is 0.754. The zero-order valence-corrected chi connectivity index (χ0v) is 45.8. The molecule has 0 saturated heterocycles. The summed E-state index contributed by atoms with van der Waals surface area (Å²) in [5.74, 6) is 1.45. The molecule has 2 atom stereocenters. The van der Waals surface area contributed by atoms with Gasteiger partial charge >= 0.3 is 0 Å². The van der Waals surface area contributed by atoms with Gasteiger partial charge in [-0.3, -0.25) is 0 Å². The number of aromatic nitrogens is 4. The Morgan fingerprint density at radius 2 is 0.549 bits per heavy atom. The van der Waals surface area contributed by atoms with Gasteiger partial charge in [-0.25, -0.2) is 19.9 Å². The largest absolute Gasteiger partial charge is 0.228 e. The molecule has 0 saturated carbocycles. The van der Waals surface area contributed by atoms with Crippen LogP contribution in [0, 0.1) is 0 Å². The van der Waals surface area contributed by atoms with E-state index >= 15 is 0 Å². The number of thiophene rings is 2. The number of hydrogen-bond acceptors (Lipinski definition) is 6. The molecule has 18 rings (SSSR count). The van der Waals surface area contributed by atoms with Crippen molar-refractivity contribution in [3.8, 4) is 90.1 Å². The zero-order chi connectivity index (χ0) is 53.8. The maximum atomic E-state index is 5.43. The van der Waals surface area contributed by atoms with Crippen LogP contribution in [0.4, 0.5) is 0 Å². The van der Waals surface area contributed by atoms with Gasteiger partial charge in [-0.2, -0.15) is 0 Å². The lowest BCUT2D eigenvalue weighted by atomic mass is 9.61. The first kappa shape index (κ1) is 46.9. The molecule has 382 valence electrons. The van der Waals surface area contributed by atoms with E-state index in [2.05, 4.69) is 267 Å². The second-order valence-electron chi connectivity index (χ2n) is 21.6. The van der Waals surface area contributed by atoms with Crippen molar-refractivity contribution in [2.24, 2.45) is 0 Å². The summed E-state index contributed by atoms with van der Waals surface area (Å²) in [7, 11) is 0. The van der Waals surface area contributed by atoms with Crippen LogP contribution in [-0.4, -0.2) is 19.9 Å². The minimum absolute atomic E-state index is 0.0218. The Hall–Kier alpha value is -9.98. The Labute approximate surface area is 482 Å². The summed E-state index contributed by atoms with van der Waals surface area (Å²) in [6.45, 7) is 0.